The van der Waals surface area contributed by atoms with E-state index in [-0.39, 0.29) is 5.91 Å². The van der Waals surface area contributed by atoms with Gasteiger partial charge in [0.2, 0.25) is 0 Å². The average molecular weight is 298 g/mol. The van der Waals surface area contributed by atoms with Gasteiger partial charge < -0.3 is 15.5 Å². The van der Waals surface area contributed by atoms with Crippen LogP contribution in [-0.2, 0) is 0 Å². The first-order valence-corrected chi connectivity index (χ1v) is 7.38. The van der Waals surface area contributed by atoms with Gasteiger partial charge in [-0.25, -0.2) is 0 Å². The van der Waals surface area contributed by atoms with Crippen molar-refractivity contribution in [1.82, 2.24) is 10.3 Å². The first-order chi connectivity index (χ1) is 10.6. The van der Waals surface area contributed by atoms with Crippen molar-refractivity contribution in [3.05, 3.63) is 48.3 Å². The molecule has 116 valence electrons. The van der Waals surface area contributed by atoms with Crippen LogP contribution in [0.4, 0.5) is 17.1 Å². The molecule has 5 nitrogen and oxygen atoms in total. The minimum Gasteiger partial charge on any atom is -0.378 e. The number of hydrogen-bond acceptors (Lipinski definition) is 4. The summed E-state index contributed by atoms with van der Waals surface area (Å²) in [6.07, 6.45) is 4.19. The molecule has 22 heavy (non-hydrogen) atoms. The zero-order valence-electron chi connectivity index (χ0n) is 13.3. The van der Waals surface area contributed by atoms with Crippen LogP contribution in [0, 0.1) is 0 Å². The van der Waals surface area contributed by atoms with E-state index in [2.05, 4.69) is 15.6 Å². The van der Waals surface area contributed by atoms with Gasteiger partial charge in [0.05, 0.1) is 17.4 Å². The lowest BCUT2D eigenvalue weighted by molar-refractivity contribution is 0.0953. The molecule has 0 saturated heterocycles. The molecule has 0 unspecified atom stereocenters. The molecule has 0 aliphatic heterocycles. The molecule has 0 radical (unpaired) electrons. The van der Waals surface area contributed by atoms with Crippen molar-refractivity contribution in [3.63, 3.8) is 0 Å². The molecule has 0 aliphatic rings. The Morgan fingerprint density at radius 1 is 1.14 bits per heavy atom. The minimum absolute atomic E-state index is 0.0963. The lowest BCUT2D eigenvalue weighted by Gasteiger charge is -2.13. The first-order valence-electron chi connectivity index (χ1n) is 7.38. The first kappa shape index (κ1) is 15.8. The molecule has 1 amide bonds. The van der Waals surface area contributed by atoms with Gasteiger partial charge in [0, 0.05) is 38.2 Å². The Labute approximate surface area is 131 Å². The summed E-state index contributed by atoms with van der Waals surface area (Å²) in [6.45, 7) is 2.69. The Hall–Kier alpha value is -2.56. The normalized spacial score (nSPS) is 10.1. The van der Waals surface area contributed by atoms with Crippen molar-refractivity contribution < 1.29 is 4.79 Å². The number of carbonyl (C=O) groups is 1. The molecule has 5 heteroatoms. The third kappa shape index (κ3) is 4.22. The van der Waals surface area contributed by atoms with Gasteiger partial charge in [-0.2, -0.15) is 0 Å². The largest absolute Gasteiger partial charge is 0.378 e. The van der Waals surface area contributed by atoms with E-state index < -0.39 is 0 Å². The van der Waals surface area contributed by atoms with E-state index in [1.807, 2.05) is 50.2 Å². The third-order valence-corrected chi connectivity index (χ3v) is 3.21. The highest BCUT2D eigenvalue weighted by molar-refractivity contribution is 5.94. The number of nitrogens with zero attached hydrogens (tertiary/aromatic N) is 2. The molecule has 0 atom stereocenters. The number of nitrogens with one attached hydrogen (secondary N) is 2. The van der Waals surface area contributed by atoms with Crippen molar-refractivity contribution in [2.24, 2.45) is 0 Å². The molecule has 1 heterocycles. The standard InChI is InChI=1S/C17H22N4O/c1-4-9-19-17(22)13-10-15(12-18-11-13)20-14-5-7-16(8-6-14)21(2)3/h5-8,10-12,20H,4,9H2,1-3H3,(H,19,22). The smallest absolute Gasteiger partial charge is 0.252 e. The van der Waals surface area contributed by atoms with Gasteiger partial charge in [0.25, 0.3) is 5.91 Å². The topological polar surface area (TPSA) is 57.3 Å². The van der Waals surface area contributed by atoms with Crippen LogP contribution in [0.25, 0.3) is 0 Å². The number of aromatic nitrogens is 1. The summed E-state index contributed by atoms with van der Waals surface area (Å²) in [6, 6.07) is 9.87. The molecule has 2 N–H and O–H groups in total. The number of rotatable bonds is 6. The summed E-state index contributed by atoms with van der Waals surface area (Å²) < 4.78 is 0. The van der Waals surface area contributed by atoms with Crippen LogP contribution in [0.2, 0.25) is 0 Å². The van der Waals surface area contributed by atoms with Crippen molar-refractivity contribution >= 4 is 23.0 Å². The van der Waals surface area contributed by atoms with Gasteiger partial charge in [-0.1, -0.05) is 6.92 Å². The van der Waals surface area contributed by atoms with Gasteiger partial charge in [0.1, 0.15) is 0 Å². The highest BCUT2D eigenvalue weighted by Gasteiger charge is 2.06. The average Bonchev–Trinajstić information content (AvgIpc) is 2.53. The fraction of sp³-hybridized carbons (Fsp3) is 0.294. The van der Waals surface area contributed by atoms with Crippen LogP contribution >= 0.6 is 0 Å². The predicted molar refractivity (Wildman–Crippen MR) is 90.9 cm³/mol. The molecule has 0 saturated carbocycles. The SMILES string of the molecule is CCCNC(=O)c1cncc(Nc2ccc(N(C)C)cc2)c1. The van der Waals surface area contributed by atoms with Crippen LogP contribution in [-0.4, -0.2) is 31.5 Å². The summed E-state index contributed by atoms with van der Waals surface area (Å²) in [5.41, 5.74) is 3.44. The van der Waals surface area contributed by atoms with Crippen molar-refractivity contribution in [2.75, 3.05) is 30.9 Å². The van der Waals surface area contributed by atoms with E-state index >= 15 is 0 Å². The van der Waals surface area contributed by atoms with Gasteiger partial charge in [0.15, 0.2) is 0 Å². The lowest BCUT2D eigenvalue weighted by atomic mass is 10.2. The Morgan fingerprint density at radius 2 is 1.86 bits per heavy atom. The summed E-state index contributed by atoms with van der Waals surface area (Å²) >= 11 is 0. The summed E-state index contributed by atoms with van der Waals surface area (Å²) in [5.74, 6) is -0.0963. The van der Waals surface area contributed by atoms with Gasteiger partial charge in [-0.05, 0) is 36.8 Å². The van der Waals surface area contributed by atoms with Crippen LogP contribution < -0.4 is 15.5 Å². The highest BCUT2D eigenvalue weighted by atomic mass is 16.1. The number of benzene rings is 1. The fourth-order valence-electron chi connectivity index (χ4n) is 1.98. The van der Waals surface area contributed by atoms with E-state index in [9.17, 15) is 4.79 Å². The molecular formula is C17H22N4O. The molecule has 2 aromatic rings. The maximum Gasteiger partial charge on any atom is 0.252 e. The quantitative estimate of drug-likeness (QED) is 0.860. The van der Waals surface area contributed by atoms with Crippen molar-refractivity contribution in [2.45, 2.75) is 13.3 Å². The molecule has 1 aromatic carbocycles. The van der Waals surface area contributed by atoms with Crippen molar-refractivity contribution in [3.8, 4) is 0 Å². The Balaban J connectivity index is 2.08. The molecule has 2 rings (SSSR count). The second kappa shape index (κ2) is 7.45. The minimum atomic E-state index is -0.0963. The zero-order chi connectivity index (χ0) is 15.9. The summed E-state index contributed by atoms with van der Waals surface area (Å²) in [5, 5.41) is 6.11. The Morgan fingerprint density at radius 3 is 2.50 bits per heavy atom. The number of anilines is 3. The summed E-state index contributed by atoms with van der Waals surface area (Å²) in [7, 11) is 4.01. The number of carbonyl (C=O) groups excluding carboxylic acids is 1. The molecule has 1 aromatic heterocycles. The van der Waals surface area contributed by atoms with E-state index in [1.165, 1.54) is 0 Å². The van der Waals surface area contributed by atoms with Gasteiger partial charge in [-0.15, -0.1) is 0 Å². The maximum atomic E-state index is 11.9. The second-order valence-electron chi connectivity index (χ2n) is 5.28. The van der Waals surface area contributed by atoms with Gasteiger partial charge in [-0.3, -0.25) is 9.78 Å². The lowest BCUT2D eigenvalue weighted by Crippen LogP contribution is -2.24. The Kier molecular flexibility index (Phi) is 5.36. The molecule has 0 spiro atoms. The molecular weight excluding hydrogens is 276 g/mol. The van der Waals surface area contributed by atoms with E-state index in [0.29, 0.717) is 12.1 Å². The molecule has 0 bridgehead atoms. The number of pyridine rings is 1. The van der Waals surface area contributed by atoms with E-state index in [0.717, 1.165) is 23.5 Å². The fourth-order valence-corrected chi connectivity index (χ4v) is 1.98. The maximum absolute atomic E-state index is 11.9. The van der Waals surface area contributed by atoms with Crippen molar-refractivity contribution in [1.29, 1.82) is 0 Å². The molecule has 0 aliphatic carbocycles. The highest BCUT2D eigenvalue weighted by Crippen LogP contribution is 2.20. The monoisotopic (exact) mass is 298 g/mol. The number of amides is 1. The van der Waals surface area contributed by atoms with Gasteiger partial charge >= 0.3 is 0 Å². The van der Waals surface area contributed by atoms with Crippen LogP contribution in [0.1, 0.15) is 23.7 Å². The second-order valence-corrected chi connectivity index (χ2v) is 5.28. The third-order valence-electron chi connectivity index (χ3n) is 3.21. The Bertz CT molecular complexity index is 623. The zero-order valence-corrected chi connectivity index (χ0v) is 13.3. The van der Waals surface area contributed by atoms with Crippen LogP contribution in [0.15, 0.2) is 42.7 Å². The van der Waals surface area contributed by atoms with Crippen LogP contribution in [0.3, 0.4) is 0 Å². The van der Waals surface area contributed by atoms with Crippen LogP contribution in [0.5, 0.6) is 0 Å². The molecule has 0 fully saturated rings. The predicted octanol–water partition coefficient (Wildman–Crippen LogP) is 3.03. The summed E-state index contributed by atoms with van der Waals surface area (Å²) in [4.78, 5) is 18.1. The van der Waals surface area contributed by atoms with E-state index in [1.54, 1.807) is 18.5 Å². The number of hydrogen-bond donors (Lipinski definition) is 2. The van der Waals surface area contributed by atoms with E-state index in [4.69, 9.17) is 0 Å².